The van der Waals surface area contributed by atoms with Crippen LogP contribution in [0.15, 0.2) is 35.3 Å². The molecule has 1 aliphatic rings. The summed E-state index contributed by atoms with van der Waals surface area (Å²) in [5.41, 5.74) is 1.93. The van der Waals surface area contributed by atoms with Crippen molar-refractivity contribution in [2.45, 2.75) is 32.2 Å². The molecular formula is C20H27N5O2. The molecule has 1 saturated heterocycles. The van der Waals surface area contributed by atoms with E-state index in [0.717, 1.165) is 30.8 Å². The van der Waals surface area contributed by atoms with Gasteiger partial charge in [-0.2, -0.15) is 0 Å². The lowest BCUT2D eigenvalue weighted by molar-refractivity contribution is 0.0761. The standard InChI is InChI=1S/C20H27N5O2/c1-14-11-15(12-19(26)22-14)20(27)25-9-4-5-16(8-10-25)23-17-6-7-18(21-13-17)24(2)3/h6-7,11-13,16,23H,4-5,8-10H2,1-3H3,(H,22,26)/t16-/m0/s1. The third-order valence-corrected chi connectivity index (χ3v) is 4.82. The van der Waals surface area contributed by atoms with Gasteiger partial charge in [-0.1, -0.05) is 0 Å². The summed E-state index contributed by atoms with van der Waals surface area (Å²) in [4.78, 5) is 35.3. The van der Waals surface area contributed by atoms with Crippen LogP contribution in [-0.2, 0) is 0 Å². The number of likely N-dealkylation sites (tertiary alicyclic amines) is 1. The molecule has 144 valence electrons. The van der Waals surface area contributed by atoms with Crippen LogP contribution in [0.3, 0.4) is 0 Å². The van der Waals surface area contributed by atoms with Gasteiger partial charge < -0.3 is 20.1 Å². The molecule has 0 spiro atoms. The Hall–Kier alpha value is -2.83. The first kappa shape index (κ1) is 18.9. The van der Waals surface area contributed by atoms with E-state index in [1.165, 1.54) is 6.07 Å². The molecule has 2 aromatic heterocycles. The van der Waals surface area contributed by atoms with Gasteiger partial charge in [-0.3, -0.25) is 9.59 Å². The number of aromatic nitrogens is 2. The zero-order valence-corrected chi connectivity index (χ0v) is 16.2. The molecule has 0 radical (unpaired) electrons. The van der Waals surface area contributed by atoms with Crippen molar-refractivity contribution in [3.05, 3.63) is 52.1 Å². The van der Waals surface area contributed by atoms with Crippen molar-refractivity contribution in [1.82, 2.24) is 14.9 Å². The molecule has 1 fully saturated rings. The van der Waals surface area contributed by atoms with Crippen molar-refractivity contribution in [3.63, 3.8) is 0 Å². The normalized spacial score (nSPS) is 17.3. The Labute approximate surface area is 159 Å². The van der Waals surface area contributed by atoms with E-state index in [2.05, 4.69) is 15.3 Å². The van der Waals surface area contributed by atoms with Gasteiger partial charge in [-0.25, -0.2) is 4.98 Å². The predicted octanol–water partition coefficient (Wildman–Crippen LogP) is 2.25. The number of hydrogen-bond donors (Lipinski definition) is 2. The fourth-order valence-corrected chi connectivity index (χ4v) is 3.40. The minimum atomic E-state index is -0.235. The Kier molecular flexibility index (Phi) is 5.78. The van der Waals surface area contributed by atoms with Gasteiger partial charge in [-0.05, 0) is 44.4 Å². The quantitative estimate of drug-likeness (QED) is 0.864. The van der Waals surface area contributed by atoms with Crippen LogP contribution in [0.1, 0.15) is 35.3 Å². The van der Waals surface area contributed by atoms with E-state index in [1.54, 1.807) is 13.0 Å². The first-order valence-corrected chi connectivity index (χ1v) is 9.32. The number of amides is 1. The largest absolute Gasteiger partial charge is 0.381 e. The van der Waals surface area contributed by atoms with E-state index in [1.807, 2.05) is 42.2 Å². The third-order valence-electron chi connectivity index (χ3n) is 4.82. The minimum absolute atomic E-state index is 0.0677. The van der Waals surface area contributed by atoms with Gasteiger partial charge in [0, 0.05) is 50.6 Å². The molecule has 3 rings (SSSR count). The van der Waals surface area contributed by atoms with Crippen LogP contribution in [0.2, 0.25) is 0 Å². The maximum Gasteiger partial charge on any atom is 0.254 e. The molecule has 3 heterocycles. The summed E-state index contributed by atoms with van der Waals surface area (Å²) in [6.07, 6.45) is 4.63. The second-order valence-corrected chi connectivity index (χ2v) is 7.28. The molecule has 0 saturated carbocycles. The number of rotatable bonds is 4. The van der Waals surface area contributed by atoms with Crippen LogP contribution in [0.25, 0.3) is 0 Å². The van der Waals surface area contributed by atoms with Crippen LogP contribution in [-0.4, -0.2) is 54.0 Å². The summed E-state index contributed by atoms with van der Waals surface area (Å²) < 4.78 is 0. The Morgan fingerprint density at radius 3 is 2.74 bits per heavy atom. The topological polar surface area (TPSA) is 81.3 Å². The summed E-state index contributed by atoms with van der Waals surface area (Å²) in [7, 11) is 3.93. The minimum Gasteiger partial charge on any atom is -0.381 e. The molecule has 0 unspecified atom stereocenters. The van der Waals surface area contributed by atoms with Gasteiger partial charge in [0.2, 0.25) is 5.56 Å². The van der Waals surface area contributed by atoms with E-state index >= 15 is 0 Å². The van der Waals surface area contributed by atoms with E-state index in [4.69, 9.17) is 0 Å². The average molecular weight is 369 g/mol. The van der Waals surface area contributed by atoms with Gasteiger partial charge in [0.15, 0.2) is 0 Å². The van der Waals surface area contributed by atoms with Crippen molar-refractivity contribution in [1.29, 1.82) is 0 Å². The average Bonchev–Trinajstić information content (AvgIpc) is 2.86. The highest BCUT2D eigenvalue weighted by molar-refractivity contribution is 5.94. The van der Waals surface area contributed by atoms with Crippen molar-refractivity contribution in [3.8, 4) is 0 Å². The number of aromatic amines is 1. The second-order valence-electron chi connectivity index (χ2n) is 7.28. The van der Waals surface area contributed by atoms with Gasteiger partial charge in [0.25, 0.3) is 5.91 Å². The van der Waals surface area contributed by atoms with E-state index in [0.29, 0.717) is 30.4 Å². The number of anilines is 2. The summed E-state index contributed by atoms with van der Waals surface area (Å²) in [5, 5.41) is 3.53. The SMILES string of the molecule is Cc1cc(C(=O)N2CCC[C@H](Nc3ccc(N(C)C)nc3)CC2)cc(=O)[nH]1. The Bertz CT molecular complexity index is 844. The first-order valence-electron chi connectivity index (χ1n) is 9.32. The molecule has 1 atom stereocenters. The Morgan fingerprint density at radius 1 is 1.26 bits per heavy atom. The lowest BCUT2D eigenvalue weighted by Crippen LogP contribution is -2.33. The molecular weight excluding hydrogens is 342 g/mol. The Morgan fingerprint density at radius 2 is 2.07 bits per heavy atom. The van der Waals surface area contributed by atoms with Crippen LogP contribution in [0.5, 0.6) is 0 Å². The van der Waals surface area contributed by atoms with E-state index in [-0.39, 0.29) is 11.5 Å². The van der Waals surface area contributed by atoms with Crippen molar-refractivity contribution in [2.75, 3.05) is 37.4 Å². The second kappa shape index (κ2) is 8.24. The van der Waals surface area contributed by atoms with Gasteiger partial charge in [0.05, 0.1) is 11.9 Å². The number of aryl methyl sites for hydroxylation is 1. The molecule has 7 nitrogen and oxygen atoms in total. The van der Waals surface area contributed by atoms with Gasteiger partial charge in [0.1, 0.15) is 5.82 Å². The molecule has 2 aromatic rings. The number of hydrogen-bond acceptors (Lipinski definition) is 5. The molecule has 1 amide bonds. The fraction of sp³-hybridized carbons (Fsp3) is 0.450. The van der Waals surface area contributed by atoms with Crippen molar-refractivity contribution >= 4 is 17.4 Å². The zero-order valence-electron chi connectivity index (χ0n) is 16.2. The maximum absolute atomic E-state index is 12.8. The van der Waals surface area contributed by atoms with E-state index < -0.39 is 0 Å². The van der Waals surface area contributed by atoms with Crippen LogP contribution in [0, 0.1) is 6.92 Å². The zero-order chi connectivity index (χ0) is 19.4. The number of pyridine rings is 2. The summed E-state index contributed by atoms with van der Waals surface area (Å²) >= 11 is 0. The highest BCUT2D eigenvalue weighted by Gasteiger charge is 2.22. The molecule has 1 aliphatic heterocycles. The number of carbonyl (C=O) groups excluding carboxylic acids is 1. The van der Waals surface area contributed by atoms with Crippen LogP contribution in [0.4, 0.5) is 11.5 Å². The summed E-state index contributed by atoms with van der Waals surface area (Å²) in [6.45, 7) is 3.17. The molecule has 0 aliphatic carbocycles. The maximum atomic E-state index is 12.8. The predicted molar refractivity (Wildman–Crippen MR) is 108 cm³/mol. The molecule has 2 N–H and O–H groups in total. The van der Waals surface area contributed by atoms with Crippen LogP contribution < -0.4 is 15.8 Å². The lowest BCUT2D eigenvalue weighted by Gasteiger charge is -2.21. The van der Waals surface area contributed by atoms with Gasteiger partial charge in [-0.15, -0.1) is 0 Å². The number of nitrogens with one attached hydrogen (secondary N) is 2. The fourth-order valence-electron chi connectivity index (χ4n) is 3.40. The third kappa shape index (κ3) is 4.87. The molecule has 27 heavy (non-hydrogen) atoms. The highest BCUT2D eigenvalue weighted by Crippen LogP contribution is 2.19. The monoisotopic (exact) mass is 369 g/mol. The summed E-state index contributed by atoms with van der Waals surface area (Å²) in [6, 6.07) is 7.45. The summed E-state index contributed by atoms with van der Waals surface area (Å²) in [5.74, 6) is 0.855. The Balaban J connectivity index is 1.61. The highest BCUT2D eigenvalue weighted by atomic mass is 16.2. The molecule has 0 aromatic carbocycles. The lowest BCUT2D eigenvalue weighted by atomic mass is 10.1. The van der Waals surface area contributed by atoms with E-state index in [9.17, 15) is 9.59 Å². The smallest absolute Gasteiger partial charge is 0.254 e. The molecule has 7 heteroatoms. The number of nitrogens with zero attached hydrogens (tertiary/aromatic N) is 3. The van der Waals surface area contributed by atoms with Crippen molar-refractivity contribution < 1.29 is 4.79 Å². The molecule has 0 bridgehead atoms. The van der Waals surface area contributed by atoms with Crippen LogP contribution >= 0.6 is 0 Å². The van der Waals surface area contributed by atoms with Gasteiger partial charge >= 0.3 is 0 Å². The first-order chi connectivity index (χ1) is 12.9. The number of H-pyrrole nitrogens is 1. The van der Waals surface area contributed by atoms with Crippen molar-refractivity contribution in [2.24, 2.45) is 0 Å². The number of carbonyl (C=O) groups is 1.